The standard InChI is InChI=1S/C17H18N4OS/c1-11(16-10-23-13(3)20-16)21-9-8-18-17(21)14-4-6-15(7-5-14)19-12(2)22/h4-11H,1-3H3,(H,19,22)/t11-/m1/s1. The molecule has 1 atom stereocenters. The molecule has 118 valence electrons. The van der Waals surface area contributed by atoms with Gasteiger partial charge in [-0.25, -0.2) is 9.97 Å². The highest BCUT2D eigenvalue weighted by molar-refractivity contribution is 7.09. The van der Waals surface area contributed by atoms with Crippen molar-refractivity contribution in [3.8, 4) is 11.4 Å². The zero-order chi connectivity index (χ0) is 16.4. The lowest BCUT2D eigenvalue weighted by molar-refractivity contribution is -0.114. The second kappa shape index (κ2) is 6.34. The molecule has 23 heavy (non-hydrogen) atoms. The Morgan fingerprint density at radius 3 is 2.65 bits per heavy atom. The largest absolute Gasteiger partial charge is 0.326 e. The van der Waals surface area contributed by atoms with E-state index in [0.717, 1.165) is 27.8 Å². The second-order valence-electron chi connectivity index (χ2n) is 5.38. The molecule has 0 aliphatic carbocycles. The van der Waals surface area contributed by atoms with Gasteiger partial charge in [-0.1, -0.05) is 0 Å². The Hall–Kier alpha value is -2.47. The van der Waals surface area contributed by atoms with Crippen molar-refractivity contribution in [2.75, 3.05) is 5.32 Å². The molecule has 5 nitrogen and oxygen atoms in total. The fraction of sp³-hybridized carbons (Fsp3) is 0.235. The summed E-state index contributed by atoms with van der Waals surface area (Å²) in [6.07, 6.45) is 3.77. The molecule has 2 aromatic heterocycles. The van der Waals surface area contributed by atoms with Crippen LogP contribution in [0.2, 0.25) is 0 Å². The van der Waals surface area contributed by atoms with Gasteiger partial charge in [-0.05, 0) is 38.1 Å². The van der Waals surface area contributed by atoms with Gasteiger partial charge in [-0.15, -0.1) is 11.3 Å². The summed E-state index contributed by atoms with van der Waals surface area (Å²) in [6, 6.07) is 7.81. The molecule has 0 aliphatic heterocycles. The summed E-state index contributed by atoms with van der Waals surface area (Å²) in [5, 5.41) is 5.92. The Kier molecular flexibility index (Phi) is 4.25. The summed E-state index contributed by atoms with van der Waals surface area (Å²) in [5.41, 5.74) is 2.83. The number of hydrogen-bond acceptors (Lipinski definition) is 4. The van der Waals surface area contributed by atoms with Crippen LogP contribution in [0, 0.1) is 6.92 Å². The first-order valence-electron chi connectivity index (χ1n) is 7.37. The maximum Gasteiger partial charge on any atom is 0.221 e. The van der Waals surface area contributed by atoms with Crippen molar-refractivity contribution in [2.45, 2.75) is 26.8 Å². The van der Waals surface area contributed by atoms with E-state index in [1.165, 1.54) is 6.92 Å². The highest BCUT2D eigenvalue weighted by atomic mass is 32.1. The van der Waals surface area contributed by atoms with Crippen LogP contribution in [0.5, 0.6) is 0 Å². The molecule has 0 unspecified atom stereocenters. The lowest BCUT2D eigenvalue weighted by Crippen LogP contribution is -2.08. The van der Waals surface area contributed by atoms with Crippen LogP contribution in [0.1, 0.15) is 30.6 Å². The average molecular weight is 326 g/mol. The third-order valence-corrected chi connectivity index (χ3v) is 4.41. The smallest absolute Gasteiger partial charge is 0.221 e. The summed E-state index contributed by atoms with van der Waals surface area (Å²) in [6.45, 7) is 5.62. The van der Waals surface area contributed by atoms with Crippen molar-refractivity contribution >= 4 is 22.9 Å². The first kappa shape index (κ1) is 15.4. The summed E-state index contributed by atoms with van der Waals surface area (Å²) >= 11 is 1.65. The number of carbonyl (C=O) groups excluding carboxylic acids is 1. The number of nitrogens with zero attached hydrogens (tertiary/aromatic N) is 3. The van der Waals surface area contributed by atoms with Gasteiger partial charge in [0.15, 0.2) is 0 Å². The molecule has 3 aromatic rings. The number of amides is 1. The molecular weight excluding hydrogens is 308 g/mol. The minimum absolute atomic E-state index is 0.0771. The van der Waals surface area contributed by atoms with Crippen LogP contribution >= 0.6 is 11.3 Å². The molecule has 6 heteroatoms. The second-order valence-corrected chi connectivity index (χ2v) is 6.45. The summed E-state index contributed by atoms with van der Waals surface area (Å²) in [4.78, 5) is 20.1. The van der Waals surface area contributed by atoms with Gasteiger partial charge in [0.1, 0.15) is 5.82 Å². The first-order chi connectivity index (χ1) is 11.0. The molecule has 0 saturated heterocycles. The summed E-state index contributed by atoms with van der Waals surface area (Å²) < 4.78 is 2.11. The number of anilines is 1. The van der Waals surface area contributed by atoms with E-state index in [1.54, 1.807) is 17.5 Å². The van der Waals surface area contributed by atoms with Crippen LogP contribution in [0.3, 0.4) is 0 Å². The van der Waals surface area contributed by atoms with Gasteiger partial charge in [0, 0.05) is 35.9 Å². The molecule has 0 saturated carbocycles. The maximum atomic E-state index is 11.1. The highest BCUT2D eigenvalue weighted by Gasteiger charge is 2.15. The van der Waals surface area contributed by atoms with Gasteiger partial charge in [0.25, 0.3) is 0 Å². The third-order valence-electron chi connectivity index (χ3n) is 3.61. The Labute approximate surface area is 139 Å². The molecule has 0 spiro atoms. The minimum Gasteiger partial charge on any atom is -0.326 e. The van der Waals surface area contributed by atoms with E-state index in [2.05, 4.69) is 32.2 Å². The van der Waals surface area contributed by atoms with Crippen LogP contribution in [0.15, 0.2) is 42.0 Å². The number of carbonyl (C=O) groups is 1. The van der Waals surface area contributed by atoms with Crippen molar-refractivity contribution in [1.29, 1.82) is 0 Å². The van der Waals surface area contributed by atoms with E-state index in [4.69, 9.17) is 0 Å². The van der Waals surface area contributed by atoms with Crippen LogP contribution in [-0.4, -0.2) is 20.4 Å². The van der Waals surface area contributed by atoms with Gasteiger partial charge in [0.2, 0.25) is 5.91 Å². The molecule has 1 aromatic carbocycles. The summed E-state index contributed by atoms with van der Waals surface area (Å²) in [5.74, 6) is 0.810. The molecule has 1 N–H and O–H groups in total. The Morgan fingerprint density at radius 2 is 2.04 bits per heavy atom. The molecule has 0 aliphatic rings. The molecule has 3 rings (SSSR count). The lowest BCUT2D eigenvalue weighted by atomic mass is 10.1. The Balaban J connectivity index is 1.90. The van der Waals surface area contributed by atoms with E-state index < -0.39 is 0 Å². The van der Waals surface area contributed by atoms with Crippen LogP contribution in [-0.2, 0) is 4.79 Å². The quantitative estimate of drug-likeness (QED) is 0.791. The van der Waals surface area contributed by atoms with Gasteiger partial charge < -0.3 is 9.88 Å². The SMILES string of the molecule is CC(=O)Nc1ccc(-c2nccn2[C@H](C)c2csc(C)n2)cc1. The van der Waals surface area contributed by atoms with E-state index in [1.807, 2.05) is 37.4 Å². The van der Waals surface area contributed by atoms with Gasteiger partial charge in [-0.2, -0.15) is 0 Å². The van der Waals surface area contributed by atoms with Crippen molar-refractivity contribution < 1.29 is 4.79 Å². The normalized spacial score (nSPS) is 12.1. The van der Waals surface area contributed by atoms with Crippen LogP contribution < -0.4 is 5.32 Å². The van der Waals surface area contributed by atoms with Crippen molar-refractivity contribution in [3.05, 3.63) is 52.7 Å². The number of aryl methyl sites for hydroxylation is 1. The van der Waals surface area contributed by atoms with Crippen molar-refractivity contribution in [2.24, 2.45) is 0 Å². The minimum atomic E-state index is -0.0771. The first-order valence-corrected chi connectivity index (χ1v) is 8.25. The number of aromatic nitrogens is 3. The zero-order valence-electron chi connectivity index (χ0n) is 13.3. The third kappa shape index (κ3) is 3.32. The number of benzene rings is 1. The zero-order valence-corrected chi connectivity index (χ0v) is 14.1. The van der Waals surface area contributed by atoms with Crippen LogP contribution in [0.25, 0.3) is 11.4 Å². The molecule has 0 fully saturated rings. The van der Waals surface area contributed by atoms with Gasteiger partial charge >= 0.3 is 0 Å². The summed E-state index contributed by atoms with van der Waals surface area (Å²) in [7, 11) is 0. The molecule has 2 heterocycles. The molecule has 1 amide bonds. The van der Waals surface area contributed by atoms with E-state index in [9.17, 15) is 4.79 Å². The van der Waals surface area contributed by atoms with Gasteiger partial charge in [0.05, 0.1) is 16.7 Å². The van der Waals surface area contributed by atoms with Gasteiger partial charge in [-0.3, -0.25) is 4.79 Å². The number of hydrogen-bond donors (Lipinski definition) is 1. The lowest BCUT2D eigenvalue weighted by Gasteiger charge is -2.15. The molecule has 0 bridgehead atoms. The predicted molar refractivity (Wildman–Crippen MR) is 92.6 cm³/mol. The van der Waals surface area contributed by atoms with E-state index in [0.29, 0.717) is 0 Å². The monoisotopic (exact) mass is 326 g/mol. The Bertz CT molecular complexity index is 819. The number of nitrogens with one attached hydrogen (secondary N) is 1. The number of thiazole rings is 1. The highest BCUT2D eigenvalue weighted by Crippen LogP contribution is 2.27. The fourth-order valence-corrected chi connectivity index (χ4v) is 3.17. The van der Waals surface area contributed by atoms with E-state index in [-0.39, 0.29) is 11.9 Å². The van der Waals surface area contributed by atoms with Crippen molar-refractivity contribution in [1.82, 2.24) is 14.5 Å². The number of rotatable bonds is 4. The topological polar surface area (TPSA) is 59.8 Å². The maximum absolute atomic E-state index is 11.1. The van der Waals surface area contributed by atoms with Crippen LogP contribution in [0.4, 0.5) is 5.69 Å². The predicted octanol–water partition coefficient (Wildman–Crippen LogP) is 3.88. The van der Waals surface area contributed by atoms with Crippen molar-refractivity contribution in [3.63, 3.8) is 0 Å². The Morgan fingerprint density at radius 1 is 1.30 bits per heavy atom. The fourth-order valence-electron chi connectivity index (χ4n) is 2.47. The van der Waals surface area contributed by atoms with E-state index >= 15 is 0 Å². The number of imidazole rings is 1. The molecular formula is C17H18N4OS. The molecule has 0 radical (unpaired) electrons. The average Bonchev–Trinajstić information content (AvgIpc) is 3.15.